The highest BCUT2D eigenvalue weighted by atomic mass is 16.5. The van der Waals surface area contributed by atoms with Gasteiger partial charge < -0.3 is 20.1 Å². The SMILES string of the molecule is CCOC(=O)c1ccnc(N(C)CCOC(C)C)c1N. The molecule has 112 valence electrons. The molecule has 0 saturated carbocycles. The minimum absolute atomic E-state index is 0.180. The normalized spacial score (nSPS) is 10.7. The van der Waals surface area contributed by atoms with E-state index in [2.05, 4.69) is 4.98 Å². The van der Waals surface area contributed by atoms with Crippen LogP contribution in [0, 0.1) is 0 Å². The van der Waals surface area contributed by atoms with Crippen LogP contribution in [0.5, 0.6) is 0 Å². The van der Waals surface area contributed by atoms with E-state index in [0.29, 0.717) is 36.8 Å². The highest BCUT2D eigenvalue weighted by Gasteiger charge is 2.16. The Morgan fingerprint density at radius 3 is 2.80 bits per heavy atom. The summed E-state index contributed by atoms with van der Waals surface area (Å²) in [5.41, 5.74) is 6.67. The maximum absolute atomic E-state index is 11.8. The Kier molecular flexibility index (Phi) is 6.24. The molecule has 1 rings (SSSR count). The van der Waals surface area contributed by atoms with Crippen LogP contribution in [0.25, 0.3) is 0 Å². The molecule has 2 N–H and O–H groups in total. The quantitative estimate of drug-likeness (QED) is 0.766. The van der Waals surface area contributed by atoms with Crippen LogP contribution >= 0.6 is 0 Å². The molecule has 1 aromatic rings. The van der Waals surface area contributed by atoms with Crippen LogP contribution < -0.4 is 10.6 Å². The van der Waals surface area contributed by atoms with Gasteiger partial charge in [0.1, 0.15) is 0 Å². The molecule has 0 saturated heterocycles. The fourth-order valence-corrected chi connectivity index (χ4v) is 1.68. The van der Waals surface area contributed by atoms with E-state index in [9.17, 15) is 4.79 Å². The highest BCUT2D eigenvalue weighted by Crippen LogP contribution is 2.23. The van der Waals surface area contributed by atoms with Gasteiger partial charge in [0.2, 0.25) is 0 Å². The number of hydrogen-bond acceptors (Lipinski definition) is 6. The lowest BCUT2D eigenvalue weighted by molar-refractivity contribution is 0.0527. The molecule has 0 fully saturated rings. The highest BCUT2D eigenvalue weighted by molar-refractivity contribution is 5.97. The molecular formula is C14H23N3O3. The molecule has 0 aliphatic rings. The maximum atomic E-state index is 11.8. The van der Waals surface area contributed by atoms with Crippen molar-refractivity contribution in [3.8, 4) is 0 Å². The average molecular weight is 281 g/mol. The lowest BCUT2D eigenvalue weighted by Crippen LogP contribution is -2.26. The molecule has 0 aliphatic carbocycles. The molecule has 0 amide bonds. The molecule has 0 unspecified atom stereocenters. The molecule has 0 aliphatic heterocycles. The van der Waals surface area contributed by atoms with Gasteiger partial charge in [0.05, 0.1) is 30.6 Å². The fraction of sp³-hybridized carbons (Fsp3) is 0.571. The molecule has 0 atom stereocenters. The average Bonchev–Trinajstić information content (AvgIpc) is 2.38. The van der Waals surface area contributed by atoms with Gasteiger partial charge in [0.15, 0.2) is 5.82 Å². The summed E-state index contributed by atoms with van der Waals surface area (Å²) in [5.74, 6) is 0.128. The first-order chi connectivity index (χ1) is 9.47. The van der Waals surface area contributed by atoms with Crippen LogP contribution in [0.15, 0.2) is 12.3 Å². The number of anilines is 2. The summed E-state index contributed by atoms with van der Waals surface area (Å²) >= 11 is 0. The molecule has 6 heteroatoms. The van der Waals surface area contributed by atoms with E-state index < -0.39 is 5.97 Å². The smallest absolute Gasteiger partial charge is 0.340 e. The van der Waals surface area contributed by atoms with Crippen LogP contribution in [0.4, 0.5) is 11.5 Å². The number of hydrogen-bond donors (Lipinski definition) is 1. The molecule has 6 nitrogen and oxygen atoms in total. The third-order valence-electron chi connectivity index (χ3n) is 2.70. The summed E-state index contributed by atoms with van der Waals surface area (Å²) in [6.07, 6.45) is 1.73. The molecule has 1 heterocycles. The van der Waals surface area contributed by atoms with E-state index in [-0.39, 0.29) is 6.10 Å². The summed E-state index contributed by atoms with van der Waals surface area (Å²) in [7, 11) is 1.86. The number of esters is 1. The molecule has 0 radical (unpaired) electrons. The number of carbonyl (C=O) groups is 1. The second kappa shape index (κ2) is 7.69. The van der Waals surface area contributed by atoms with Crippen LogP contribution in [-0.2, 0) is 9.47 Å². The predicted molar refractivity (Wildman–Crippen MR) is 79.0 cm³/mol. The van der Waals surface area contributed by atoms with Crippen LogP contribution in [-0.4, -0.2) is 43.9 Å². The summed E-state index contributed by atoms with van der Waals surface area (Å²) in [6.45, 7) is 7.24. The number of nitrogens with two attached hydrogens (primary N) is 1. The topological polar surface area (TPSA) is 77.7 Å². The van der Waals surface area contributed by atoms with Gasteiger partial charge in [-0.15, -0.1) is 0 Å². The van der Waals surface area contributed by atoms with Crippen molar-refractivity contribution in [1.82, 2.24) is 4.98 Å². The maximum Gasteiger partial charge on any atom is 0.340 e. The lowest BCUT2D eigenvalue weighted by Gasteiger charge is -2.21. The number of likely N-dealkylation sites (N-methyl/N-ethyl adjacent to an activating group) is 1. The van der Waals surface area contributed by atoms with Crippen molar-refractivity contribution < 1.29 is 14.3 Å². The lowest BCUT2D eigenvalue weighted by atomic mass is 10.2. The van der Waals surface area contributed by atoms with Crippen molar-refractivity contribution in [3.63, 3.8) is 0 Å². The van der Waals surface area contributed by atoms with E-state index in [1.54, 1.807) is 19.2 Å². The number of nitrogen functional groups attached to an aromatic ring is 1. The van der Waals surface area contributed by atoms with Crippen molar-refractivity contribution in [3.05, 3.63) is 17.8 Å². The van der Waals surface area contributed by atoms with Crippen LogP contribution in [0.3, 0.4) is 0 Å². The van der Waals surface area contributed by atoms with Crippen LogP contribution in [0.2, 0.25) is 0 Å². The van der Waals surface area contributed by atoms with Gasteiger partial charge in [0, 0.05) is 19.8 Å². The third kappa shape index (κ3) is 4.38. The molecular weight excluding hydrogens is 258 g/mol. The van der Waals surface area contributed by atoms with Gasteiger partial charge in [-0.3, -0.25) is 0 Å². The zero-order valence-corrected chi connectivity index (χ0v) is 12.5. The molecule has 20 heavy (non-hydrogen) atoms. The molecule has 0 bridgehead atoms. The number of carbonyl (C=O) groups excluding carboxylic acids is 1. The summed E-state index contributed by atoms with van der Waals surface area (Å²) in [5, 5.41) is 0. The van der Waals surface area contributed by atoms with Crippen molar-refractivity contribution in [2.45, 2.75) is 26.9 Å². The van der Waals surface area contributed by atoms with Gasteiger partial charge in [-0.1, -0.05) is 0 Å². The summed E-state index contributed by atoms with van der Waals surface area (Å²) in [6, 6.07) is 1.56. The minimum Gasteiger partial charge on any atom is -0.462 e. The second-order valence-electron chi connectivity index (χ2n) is 4.66. The van der Waals surface area contributed by atoms with E-state index in [1.165, 1.54) is 0 Å². The second-order valence-corrected chi connectivity index (χ2v) is 4.66. The van der Waals surface area contributed by atoms with Crippen LogP contribution in [0.1, 0.15) is 31.1 Å². The Balaban J connectivity index is 2.80. The minimum atomic E-state index is -0.430. The van der Waals surface area contributed by atoms with Crippen molar-refractivity contribution >= 4 is 17.5 Å². The summed E-state index contributed by atoms with van der Waals surface area (Å²) in [4.78, 5) is 17.8. The van der Waals surface area contributed by atoms with Crippen molar-refractivity contribution in [2.24, 2.45) is 0 Å². The van der Waals surface area contributed by atoms with E-state index >= 15 is 0 Å². The van der Waals surface area contributed by atoms with E-state index in [4.69, 9.17) is 15.2 Å². The zero-order valence-electron chi connectivity index (χ0n) is 12.5. The van der Waals surface area contributed by atoms with Gasteiger partial charge in [0.25, 0.3) is 0 Å². The van der Waals surface area contributed by atoms with Gasteiger partial charge in [-0.25, -0.2) is 9.78 Å². The van der Waals surface area contributed by atoms with E-state index in [0.717, 1.165) is 0 Å². The standard InChI is InChI=1S/C14H23N3O3/c1-5-19-14(18)11-6-7-16-13(12(11)15)17(4)8-9-20-10(2)3/h6-7,10H,5,8-9,15H2,1-4H3. The monoisotopic (exact) mass is 281 g/mol. The Bertz CT molecular complexity index is 449. The predicted octanol–water partition coefficient (Wildman–Crippen LogP) is 1.70. The summed E-state index contributed by atoms with van der Waals surface area (Å²) < 4.78 is 10.5. The Morgan fingerprint density at radius 1 is 1.50 bits per heavy atom. The first kappa shape index (κ1) is 16.2. The molecule has 0 spiro atoms. The molecule has 1 aromatic heterocycles. The number of pyridine rings is 1. The number of aromatic nitrogens is 1. The Labute approximate surface area is 119 Å². The van der Waals surface area contributed by atoms with Crippen molar-refractivity contribution in [1.29, 1.82) is 0 Å². The zero-order chi connectivity index (χ0) is 15.1. The van der Waals surface area contributed by atoms with Gasteiger partial charge in [-0.2, -0.15) is 0 Å². The number of nitrogens with zero attached hydrogens (tertiary/aromatic N) is 2. The first-order valence-corrected chi connectivity index (χ1v) is 6.71. The van der Waals surface area contributed by atoms with Gasteiger partial charge >= 0.3 is 5.97 Å². The largest absolute Gasteiger partial charge is 0.462 e. The third-order valence-corrected chi connectivity index (χ3v) is 2.70. The Morgan fingerprint density at radius 2 is 2.20 bits per heavy atom. The number of rotatable bonds is 7. The van der Waals surface area contributed by atoms with E-state index in [1.807, 2.05) is 25.8 Å². The molecule has 0 aromatic carbocycles. The Hall–Kier alpha value is -1.82. The number of ether oxygens (including phenoxy) is 2. The van der Waals surface area contributed by atoms with Gasteiger partial charge in [-0.05, 0) is 26.8 Å². The first-order valence-electron chi connectivity index (χ1n) is 6.71. The van der Waals surface area contributed by atoms with Crippen molar-refractivity contribution in [2.75, 3.05) is 37.4 Å². The fourth-order valence-electron chi connectivity index (χ4n) is 1.68.